The first-order valence-corrected chi connectivity index (χ1v) is 7.67. The predicted octanol–water partition coefficient (Wildman–Crippen LogP) is 2.19. The number of carboxylic acid groups (broad SMARTS) is 1. The average Bonchev–Trinajstić information content (AvgIpc) is 3.03. The van der Waals surface area contributed by atoms with Crippen LogP contribution in [0.4, 0.5) is 0 Å². The zero-order valence-electron chi connectivity index (χ0n) is 12.9. The summed E-state index contributed by atoms with van der Waals surface area (Å²) in [6.07, 6.45) is 5.25. The number of carbonyl (C=O) groups excluding carboxylic acids is 1. The van der Waals surface area contributed by atoms with Crippen LogP contribution in [-0.4, -0.2) is 26.8 Å². The molecule has 6 heteroatoms. The lowest BCUT2D eigenvalue weighted by Crippen LogP contribution is -2.22. The fourth-order valence-corrected chi connectivity index (χ4v) is 2.27. The summed E-state index contributed by atoms with van der Waals surface area (Å²) >= 11 is 0. The molecule has 0 aliphatic carbocycles. The van der Waals surface area contributed by atoms with Crippen LogP contribution in [0.15, 0.2) is 42.7 Å². The highest BCUT2D eigenvalue weighted by atomic mass is 16.4. The minimum absolute atomic E-state index is 0.0483. The highest BCUT2D eigenvalue weighted by Gasteiger charge is 2.04. The lowest BCUT2D eigenvalue weighted by Gasteiger charge is -2.08. The summed E-state index contributed by atoms with van der Waals surface area (Å²) in [5.41, 5.74) is 2.16. The van der Waals surface area contributed by atoms with Gasteiger partial charge in [-0.1, -0.05) is 24.3 Å². The maximum Gasteiger partial charge on any atom is 0.303 e. The lowest BCUT2D eigenvalue weighted by molar-refractivity contribution is -0.137. The summed E-state index contributed by atoms with van der Waals surface area (Å²) in [7, 11) is 0. The Morgan fingerprint density at radius 2 is 1.91 bits per heavy atom. The third-order valence-corrected chi connectivity index (χ3v) is 3.43. The summed E-state index contributed by atoms with van der Waals surface area (Å²) < 4.78 is 1.85. The number of carboxylic acids is 1. The Kier molecular flexibility index (Phi) is 6.35. The molecule has 0 saturated heterocycles. The van der Waals surface area contributed by atoms with Crippen molar-refractivity contribution < 1.29 is 14.7 Å². The second-order valence-electron chi connectivity index (χ2n) is 5.40. The van der Waals surface area contributed by atoms with E-state index in [0.29, 0.717) is 32.4 Å². The van der Waals surface area contributed by atoms with E-state index in [0.717, 1.165) is 11.1 Å². The molecular weight excluding hydrogens is 294 g/mol. The van der Waals surface area contributed by atoms with Crippen molar-refractivity contribution >= 4 is 11.9 Å². The standard InChI is InChI=1S/C17H21N3O3/c21-16(7-1-2-8-17(22)23)18-12-14-5-3-6-15(11-14)13-20-10-4-9-19-20/h3-6,9-11H,1-2,7-8,12-13H2,(H,18,21)(H,22,23). The van der Waals surface area contributed by atoms with Gasteiger partial charge in [0.05, 0.1) is 6.54 Å². The lowest BCUT2D eigenvalue weighted by atomic mass is 10.1. The summed E-state index contributed by atoms with van der Waals surface area (Å²) in [6, 6.07) is 9.89. The first-order chi connectivity index (χ1) is 11.1. The Morgan fingerprint density at radius 1 is 1.13 bits per heavy atom. The summed E-state index contributed by atoms with van der Waals surface area (Å²) in [6.45, 7) is 1.18. The van der Waals surface area contributed by atoms with E-state index >= 15 is 0 Å². The van der Waals surface area contributed by atoms with Crippen molar-refractivity contribution in [1.29, 1.82) is 0 Å². The minimum atomic E-state index is -0.820. The van der Waals surface area contributed by atoms with Crippen molar-refractivity contribution in [3.05, 3.63) is 53.9 Å². The molecule has 0 bridgehead atoms. The Bertz CT molecular complexity index is 638. The van der Waals surface area contributed by atoms with E-state index in [9.17, 15) is 9.59 Å². The van der Waals surface area contributed by atoms with E-state index in [-0.39, 0.29) is 12.3 Å². The van der Waals surface area contributed by atoms with Gasteiger partial charge >= 0.3 is 5.97 Å². The van der Waals surface area contributed by atoms with E-state index in [4.69, 9.17) is 5.11 Å². The molecule has 0 fully saturated rings. The number of benzene rings is 1. The smallest absolute Gasteiger partial charge is 0.303 e. The normalized spacial score (nSPS) is 10.4. The van der Waals surface area contributed by atoms with E-state index in [1.807, 2.05) is 41.2 Å². The van der Waals surface area contributed by atoms with E-state index in [2.05, 4.69) is 10.4 Å². The number of amides is 1. The minimum Gasteiger partial charge on any atom is -0.481 e. The van der Waals surface area contributed by atoms with Crippen LogP contribution in [-0.2, 0) is 22.7 Å². The molecular formula is C17H21N3O3. The number of unbranched alkanes of at least 4 members (excludes halogenated alkanes) is 1. The number of aromatic nitrogens is 2. The zero-order chi connectivity index (χ0) is 16.5. The molecule has 1 heterocycles. The quantitative estimate of drug-likeness (QED) is 0.695. The number of hydrogen-bond acceptors (Lipinski definition) is 3. The fraction of sp³-hybridized carbons (Fsp3) is 0.353. The molecule has 23 heavy (non-hydrogen) atoms. The molecule has 0 spiro atoms. The van der Waals surface area contributed by atoms with E-state index in [1.54, 1.807) is 6.20 Å². The van der Waals surface area contributed by atoms with Crippen LogP contribution in [0.2, 0.25) is 0 Å². The number of carbonyl (C=O) groups is 2. The van der Waals surface area contributed by atoms with Gasteiger partial charge in [-0.05, 0) is 30.0 Å². The van der Waals surface area contributed by atoms with Crippen molar-refractivity contribution in [2.45, 2.75) is 38.8 Å². The zero-order valence-corrected chi connectivity index (χ0v) is 12.9. The Labute approximate surface area is 135 Å². The first-order valence-electron chi connectivity index (χ1n) is 7.67. The Hall–Kier alpha value is -2.63. The van der Waals surface area contributed by atoms with Gasteiger partial charge in [0.2, 0.25) is 5.91 Å². The van der Waals surface area contributed by atoms with Gasteiger partial charge in [0.1, 0.15) is 0 Å². The third kappa shape index (κ3) is 6.34. The van der Waals surface area contributed by atoms with Crippen LogP contribution in [0.25, 0.3) is 0 Å². The van der Waals surface area contributed by atoms with Crippen LogP contribution in [0, 0.1) is 0 Å². The van der Waals surface area contributed by atoms with E-state index < -0.39 is 5.97 Å². The van der Waals surface area contributed by atoms with E-state index in [1.165, 1.54) is 0 Å². The Morgan fingerprint density at radius 3 is 2.65 bits per heavy atom. The molecule has 1 aromatic heterocycles. The highest BCUT2D eigenvalue weighted by Crippen LogP contribution is 2.07. The number of nitrogens with zero attached hydrogens (tertiary/aromatic N) is 2. The monoisotopic (exact) mass is 315 g/mol. The van der Waals surface area contributed by atoms with Crippen LogP contribution in [0.5, 0.6) is 0 Å². The van der Waals surface area contributed by atoms with Gasteiger partial charge in [0.25, 0.3) is 0 Å². The van der Waals surface area contributed by atoms with Crippen molar-refractivity contribution in [3.63, 3.8) is 0 Å². The highest BCUT2D eigenvalue weighted by molar-refractivity contribution is 5.75. The van der Waals surface area contributed by atoms with Crippen molar-refractivity contribution in [1.82, 2.24) is 15.1 Å². The molecule has 6 nitrogen and oxygen atoms in total. The Balaban J connectivity index is 1.74. The van der Waals surface area contributed by atoms with Crippen LogP contribution in [0.3, 0.4) is 0 Å². The molecule has 0 aliphatic heterocycles. The maximum atomic E-state index is 11.7. The van der Waals surface area contributed by atoms with Crippen LogP contribution < -0.4 is 5.32 Å². The van der Waals surface area contributed by atoms with Crippen LogP contribution >= 0.6 is 0 Å². The number of rotatable bonds is 9. The second-order valence-corrected chi connectivity index (χ2v) is 5.40. The van der Waals surface area contributed by atoms with Gasteiger partial charge in [0.15, 0.2) is 0 Å². The largest absolute Gasteiger partial charge is 0.481 e. The third-order valence-electron chi connectivity index (χ3n) is 3.43. The SMILES string of the molecule is O=C(O)CCCCC(=O)NCc1cccc(Cn2cccn2)c1. The number of nitrogens with one attached hydrogen (secondary N) is 1. The van der Waals surface area contributed by atoms with Gasteiger partial charge in [0, 0.05) is 31.8 Å². The van der Waals surface area contributed by atoms with Gasteiger partial charge in [-0.25, -0.2) is 0 Å². The summed E-state index contributed by atoms with van der Waals surface area (Å²) in [4.78, 5) is 22.1. The molecule has 2 rings (SSSR count). The van der Waals surface area contributed by atoms with Crippen molar-refractivity contribution in [2.75, 3.05) is 0 Å². The second kappa shape index (κ2) is 8.73. The topological polar surface area (TPSA) is 84.2 Å². The first kappa shape index (κ1) is 16.7. The fourth-order valence-electron chi connectivity index (χ4n) is 2.27. The molecule has 0 radical (unpaired) electrons. The number of hydrogen-bond donors (Lipinski definition) is 2. The molecule has 0 aliphatic rings. The molecule has 0 atom stereocenters. The molecule has 0 saturated carbocycles. The van der Waals surface area contributed by atoms with Crippen LogP contribution in [0.1, 0.15) is 36.8 Å². The van der Waals surface area contributed by atoms with Gasteiger partial charge < -0.3 is 10.4 Å². The van der Waals surface area contributed by atoms with Gasteiger partial charge in [-0.2, -0.15) is 5.10 Å². The molecule has 1 aromatic carbocycles. The summed E-state index contributed by atoms with van der Waals surface area (Å²) in [5.74, 6) is -0.868. The molecule has 0 unspecified atom stereocenters. The molecule has 1 amide bonds. The average molecular weight is 315 g/mol. The van der Waals surface area contributed by atoms with Crippen molar-refractivity contribution in [3.8, 4) is 0 Å². The summed E-state index contributed by atoms with van der Waals surface area (Å²) in [5, 5.41) is 15.6. The predicted molar refractivity (Wildman–Crippen MR) is 85.7 cm³/mol. The van der Waals surface area contributed by atoms with Gasteiger partial charge in [-0.3, -0.25) is 14.3 Å². The molecule has 2 N–H and O–H groups in total. The van der Waals surface area contributed by atoms with Crippen molar-refractivity contribution in [2.24, 2.45) is 0 Å². The number of aliphatic carboxylic acids is 1. The maximum absolute atomic E-state index is 11.7. The molecule has 122 valence electrons. The molecule has 2 aromatic rings. The van der Waals surface area contributed by atoms with Gasteiger partial charge in [-0.15, -0.1) is 0 Å².